The minimum absolute atomic E-state index is 0. The summed E-state index contributed by atoms with van der Waals surface area (Å²) in [6.07, 6.45) is 0. The molecule has 0 radical (unpaired) electrons. The van der Waals surface area contributed by atoms with Gasteiger partial charge in [0.05, 0.1) is 5.56 Å². The summed E-state index contributed by atoms with van der Waals surface area (Å²) < 4.78 is 29.0. The van der Waals surface area contributed by atoms with E-state index in [1.165, 1.54) is 18.2 Å². The maximum atomic E-state index is 12.0. The van der Waals surface area contributed by atoms with Crippen molar-refractivity contribution in [2.75, 3.05) is 0 Å². The summed E-state index contributed by atoms with van der Waals surface area (Å²) >= 11 is 1.04. The van der Waals surface area contributed by atoms with Crippen molar-refractivity contribution in [1.82, 2.24) is 0 Å². The third kappa shape index (κ3) is 3.83. The molecule has 0 spiro atoms. The Bertz CT molecular complexity index is 711. The molecule has 0 saturated heterocycles. The Kier molecular flexibility index (Phi) is 5.79. The molecular weight excluding hydrogens is 309 g/mol. The third-order valence-electron chi connectivity index (χ3n) is 2.34. The van der Waals surface area contributed by atoms with Crippen molar-refractivity contribution < 1.29 is 17.4 Å². The number of thiophene rings is 1. The Morgan fingerprint density at radius 2 is 2.00 bits per heavy atom. The normalized spacial score (nSPS) is 10.7. The van der Waals surface area contributed by atoms with E-state index >= 15 is 0 Å². The van der Waals surface area contributed by atoms with Gasteiger partial charge in [0.2, 0.25) is 0 Å². The van der Waals surface area contributed by atoms with Gasteiger partial charge in [-0.2, -0.15) is 8.42 Å². The number of rotatable bonds is 4. The van der Waals surface area contributed by atoms with Gasteiger partial charge in [0.15, 0.2) is 9.96 Å². The van der Waals surface area contributed by atoms with Crippen LogP contribution in [0.15, 0.2) is 39.9 Å². The van der Waals surface area contributed by atoms with Crippen molar-refractivity contribution in [3.05, 3.63) is 46.8 Å². The van der Waals surface area contributed by atoms with Gasteiger partial charge >= 0.3 is 39.7 Å². The number of aryl methyl sites for hydroxylation is 1. The van der Waals surface area contributed by atoms with Crippen LogP contribution in [-0.4, -0.2) is 43.9 Å². The fraction of sp³-hybridized carbons (Fsp3) is 0.0833. The Morgan fingerprint density at radius 3 is 2.55 bits per heavy atom. The van der Waals surface area contributed by atoms with Crippen LogP contribution in [0.2, 0.25) is 0 Å². The molecule has 0 unspecified atom stereocenters. The second kappa shape index (κ2) is 6.73. The summed E-state index contributed by atoms with van der Waals surface area (Å²) in [5.74, 6) is -0.794. The van der Waals surface area contributed by atoms with Gasteiger partial charge in [-0.25, -0.2) is 0 Å². The van der Waals surface area contributed by atoms with Gasteiger partial charge in [-0.1, -0.05) is 12.1 Å². The molecule has 2 rings (SSSR count). The maximum absolute atomic E-state index is 12.0. The van der Waals surface area contributed by atoms with Gasteiger partial charge in [0, 0.05) is 0 Å². The molecular formula is C12H12NNaO4S2. The number of primary amides is 1. The molecule has 0 bridgehead atoms. The van der Waals surface area contributed by atoms with Crippen molar-refractivity contribution in [2.45, 2.75) is 11.1 Å². The number of nitrogens with two attached hydrogens (primary N) is 1. The first-order chi connectivity index (χ1) is 8.90. The third-order valence-corrected chi connectivity index (χ3v) is 4.93. The summed E-state index contributed by atoms with van der Waals surface area (Å²) in [6, 6.07) is 7.60. The van der Waals surface area contributed by atoms with Crippen molar-refractivity contribution >= 4 is 56.9 Å². The van der Waals surface area contributed by atoms with Crippen LogP contribution >= 0.6 is 11.3 Å². The number of benzene rings is 1. The number of carbonyl (C=O) groups excluding carboxylic acids is 1. The van der Waals surface area contributed by atoms with Gasteiger partial charge in [0.25, 0.3) is 5.91 Å². The molecule has 0 aliphatic carbocycles. The second-order valence-corrected chi connectivity index (χ2v) is 6.55. The predicted molar refractivity (Wildman–Crippen MR) is 79.0 cm³/mol. The molecule has 1 heterocycles. The van der Waals surface area contributed by atoms with Crippen LogP contribution in [0.25, 0.3) is 0 Å². The number of hydrogen-bond donors (Lipinski definition) is 1. The number of amides is 1. The van der Waals surface area contributed by atoms with E-state index in [4.69, 9.17) is 9.92 Å². The Labute approximate surface area is 143 Å². The van der Waals surface area contributed by atoms with E-state index in [1.807, 2.05) is 0 Å². The molecule has 1 aromatic heterocycles. The Hall–Kier alpha value is -0.860. The van der Waals surface area contributed by atoms with Crippen LogP contribution < -0.4 is 9.92 Å². The van der Waals surface area contributed by atoms with E-state index in [2.05, 4.69) is 0 Å². The number of carbonyl (C=O) groups is 1. The van der Waals surface area contributed by atoms with Crippen LogP contribution in [0.1, 0.15) is 15.9 Å². The molecule has 0 saturated carbocycles. The van der Waals surface area contributed by atoms with Gasteiger partial charge in [-0.3, -0.25) is 4.79 Å². The van der Waals surface area contributed by atoms with Crippen LogP contribution in [0.3, 0.4) is 0 Å². The summed E-state index contributed by atoms with van der Waals surface area (Å²) in [4.78, 5) is 11.3. The molecule has 102 valence electrons. The van der Waals surface area contributed by atoms with Crippen molar-refractivity contribution in [3.8, 4) is 5.75 Å². The topological polar surface area (TPSA) is 86.5 Å². The molecule has 20 heavy (non-hydrogen) atoms. The first-order valence-corrected chi connectivity index (χ1v) is 7.57. The van der Waals surface area contributed by atoms with E-state index in [9.17, 15) is 13.2 Å². The zero-order valence-corrected chi connectivity index (χ0v) is 11.6. The van der Waals surface area contributed by atoms with Crippen LogP contribution in [0.4, 0.5) is 0 Å². The molecule has 2 N–H and O–H groups in total. The van der Waals surface area contributed by atoms with Gasteiger partial charge in [0.1, 0.15) is 0 Å². The first-order valence-electron chi connectivity index (χ1n) is 5.28. The van der Waals surface area contributed by atoms with E-state index in [1.54, 1.807) is 24.4 Å². The van der Waals surface area contributed by atoms with Crippen LogP contribution in [0.5, 0.6) is 5.75 Å². The quantitative estimate of drug-likeness (QED) is 0.679. The van der Waals surface area contributed by atoms with E-state index in [0.717, 1.165) is 16.9 Å². The number of hydrogen-bond acceptors (Lipinski definition) is 5. The monoisotopic (exact) mass is 321 g/mol. The van der Waals surface area contributed by atoms with E-state index in [0.29, 0.717) is 0 Å². The fourth-order valence-electron chi connectivity index (χ4n) is 1.47. The van der Waals surface area contributed by atoms with Gasteiger partial charge < -0.3 is 9.92 Å². The van der Waals surface area contributed by atoms with Crippen molar-refractivity contribution in [3.63, 3.8) is 0 Å². The van der Waals surface area contributed by atoms with E-state index in [-0.39, 0.29) is 45.1 Å². The fourth-order valence-corrected chi connectivity index (χ4v) is 3.36. The standard InChI is InChI=1S/C12H11NO4S2.Na.H/c1-8-4-5-9(12(13)14)10(7-8)17-19(15,16)11-3-2-6-18-11;;/h2-7H,1H3,(H2,13,14);;. The summed E-state index contributed by atoms with van der Waals surface area (Å²) in [7, 11) is -3.93. The molecule has 0 aliphatic heterocycles. The second-order valence-electron chi connectivity index (χ2n) is 3.83. The van der Waals surface area contributed by atoms with Crippen molar-refractivity contribution in [2.24, 2.45) is 5.73 Å². The van der Waals surface area contributed by atoms with Crippen molar-refractivity contribution in [1.29, 1.82) is 0 Å². The summed E-state index contributed by atoms with van der Waals surface area (Å²) in [5, 5.41) is 1.63. The van der Waals surface area contributed by atoms with E-state index < -0.39 is 16.0 Å². The molecule has 0 aliphatic rings. The molecule has 1 aromatic carbocycles. The van der Waals surface area contributed by atoms with Gasteiger partial charge in [-0.05, 0) is 36.1 Å². The minimum atomic E-state index is -3.93. The molecule has 8 heteroatoms. The molecule has 2 aromatic rings. The van der Waals surface area contributed by atoms with Crippen LogP contribution in [-0.2, 0) is 10.1 Å². The molecule has 0 fully saturated rings. The predicted octanol–water partition coefficient (Wildman–Crippen LogP) is 1.27. The summed E-state index contributed by atoms with van der Waals surface area (Å²) in [5.41, 5.74) is 5.99. The average molecular weight is 321 g/mol. The SMILES string of the molecule is Cc1ccc(C(N)=O)c(OS(=O)(=O)c2cccs2)c1.[NaH]. The van der Waals surface area contributed by atoms with Crippen LogP contribution in [0, 0.1) is 6.92 Å². The average Bonchev–Trinajstić information content (AvgIpc) is 2.81. The molecule has 5 nitrogen and oxygen atoms in total. The zero-order valence-electron chi connectivity index (χ0n) is 9.99. The molecule has 0 atom stereocenters. The summed E-state index contributed by atoms with van der Waals surface area (Å²) in [6.45, 7) is 1.76. The van der Waals surface area contributed by atoms with Gasteiger partial charge in [-0.15, -0.1) is 11.3 Å². The first kappa shape index (κ1) is 17.2. The Morgan fingerprint density at radius 1 is 1.30 bits per heavy atom. The zero-order chi connectivity index (χ0) is 14.0. The Balaban J connectivity index is 0.00000200. The molecule has 1 amide bonds.